The van der Waals surface area contributed by atoms with Gasteiger partial charge >= 0.3 is 12.1 Å². The number of carboxylic acids is 1. The third kappa shape index (κ3) is 8.35. The molecule has 0 spiro atoms. The zero-order valence-corrected chi connectivity index (χ0v) is 16.3. The van der Waals surface area contributed by atoms with Gasteiger partial charge in [0.15, 0.2) is 0 Å². The van der Waals surface area contributed by atoms with E-state index in [-0.39, 0.29) is 13.0 Å². The maximum Gasteiger partial charge on any atom is 0.408 e. The first kappa shape index (κ1) is 22.8. The number of hydrogen-bond acceptors (Lipinski definition) is 5. The average Bonchev–Trinajstić information content (AvgIpc) is 2.51. The van der Waals surface area contributed by atoms with E-state index in [1.165, 1.54) is 12.1 Å². The lowest BCUT2D eigenvalue weighted by molar-refractivity contribution is -0.139. The minimum atomic E-state index is -3.98. The summed E-state index contributed by atoms with van der Waals surface area (Å²) in [7, 11) is -3.98. The summed E-state index contributed by atoms with van der Waals surface area (Å²) in [6.45, 7) is 4.98. The molecular formula is C17H25FN2O6S. The maximum atomic E-state index is 13.6. The van der Waals surface area contributed by atoms with Crippen LogP contribution in [0.5, 0.6) is 0 Å². The summed E-state index contributed by atoms with van der Waals surface area (Å²) in [5.41, 5.74) is -0.752. The molecule has 1 atom stereocenters. The molecule has 3 N–H and O–H groups in total. The molecular weight excluding hydrogens is 379 g/mol. The number of carbonyl (C=O) groups is 2. The minimum Gasteiger partial charge on any atom is -0.480 e. The number of nitrogens with one attached hydrogen (secondary N) is 2. The molecule has 0 bridgehead atoms. The molecule has 0 saturated heterocycles. The van der Waals surface area contributed by atoms with Gasteiger partial charge in [-0.15, -0.1) is 0 Å². The molecule has 0 aromatic heterocycles. The van der Waals surface area contributed by atoms with E-state index in [1.807, 2.05) is 0 Å². The molecule has 0 radical (unpaired) electrons. The van der Waals surface area contributed by atoms with Crippen molar-refractivity contribution in [3.63, 3.8) is 0 Å². The minimum absolute atomic E-state index is 0.00937. The Morgan fingerprint density at radius 2 is 1.85 bits per heavy atom. The van der Waals surface area contributed by atoms with E-state index in [2.05, 4.69) is 10.0 Å². The number of amides is 1. The van der Waals surface area contributed by atoms with Crippen molar-refractivity contribution in [3.05, 3.63) is 30.1 Å². The number of carboxylic acid groups (broad SMARTS) is 1. The van der Waals surface area contributed by atoms with Crippen LogP contribution in [0.25, 0.3) is 0 Å². The largest absolute Gasteiger partial charge is 0.480 e. The van der Waals surface area contributed by atoms with Crippen LogP contribution in [0.3, 0.4) is 0 Å². The first-order valence-electron chi connectivity index (χ1n) is 8.39. The summed E-state index contributed by atoms with van der Waals surface area (Å²) in [5, 5.41) is 11.4. The Morgan fingerprint density at radius 1 is 1.22 bits per heavy atom. The predicted octanol–water partition coefficient (Wildman–Crippen LogP) is 2.25. The maximum absolute atomic E-state index is 13.6. The van der Waals surface area contributed by atoms with Gasteiger partial charge in [0.05, 0.1) is 0 Å². The standard InChI is InChI=1S/C17H25FN2O6S/c1-17(2,3)26-16(23)20-13(15(21)22)9-6-7-11-19-27(24,25)14-10-5-4-8-12(14)18/h4-5,8,10,13,19H,6-7,9,11H2,1-3H3,(H,20,23)(H,21,22)/t13-/m0/s1. The highest BCUT2D eigenvalue weighted by Crippen LogP contribution is 2.13. The van der Waals surface area contributed by atoms with Crippen molar-refractivity contribution in [1.29, 1.82) is 0 Å². The lowest BCUT2D eigenvalue weighted by Crippen LogP contribution is -2.43. The van der Waals surface area contributed by atoms with E-state index in [1.54, 1.807) is 20.8 Å². The summed E-state index contributed by atoms with van der Waals surface area (Å²) in [6.07, 6.45) is -0.106. The Hall–Kier alpha value is -2.20. The number of benzene rings is 1. The summed E-state index contributed by atoms with van der Waals surface area (Å²) >= 11 is 0. The topological polar surface area (TPSA) is 122 Å². The van der Waals surface area contributed by atoms with E-state index >= 15 is 0 Å². The first-order chi connectivity index (χ1) is 12.4. The molecule has 27 heavy (non-hydrogen) atoms. The fraction of sp³-hybridized carbons (Fsp3) is 0.529. The van der Waals surface area contributed by atoms with Gasteiger partial charge < -0.3 is 15.2 Å². The van der Waals surface area contributed by atoms with Gasteiger partial charge in [-0.1, -0.05) is 12.1 Å². The van der Waals surface area contributed by atoms with E-state index < -0.39 is 44.4 Å². The Morgan fingerprint density at radius 3 is 2.41 bits per heavy atom. The monoisotopic (exact) mass is 404 g/mol. The third-order valence-electron chi connectivity index (χ3n) is 3.33. The lowest BCUT2D eigenvalue weighted by atomic mass is 10.1. The number of rotatable bonds is 9. The number of halogens is 1. The van der Waals surface area contributed by atoms with Gasteiger partial charge in [-0.05, 0) is 52.2 Å². The Labute approximate surface area is 158 Å². The molecule has 1 aromatic carbocycles. The molecule has 0 heterocycles. The van der Waals surface area contributed by atoms with Crippen LogP contribution in [0.4, 0.5) is 9.18 Å². The zero-order valence-electron chi connectivity index (χ0n) is 15.5. The van der Waals surface area contributed by atoms with Gasteiger partial charge in [0, 0.05) is 6.54 Å². The highest BCUT2D eigenvalue weighted by Gasteiger charge is 2.23. The SMILES string of the molecule is CC(C)(C)OC(=O)N[C@@H](CCCCNS(=O)(=O)c1ccccc1F)C(=O)O. The van der Waals surface area contributed by atoms with Gasteiger partial charge in [0.1, 0.15) is 22.4 Å². The third-order valence-corrected chi connectivity index (χ3v) is 4.82. The van der Waals surface area contributed by atoms with Crippen LogP contribution in [0.1, 0.15) is 40.0 Å². The molecule has 1 aromatic rings. The molecule has 10 heteroatoms. The molecule has 0 aliphatic heterocycles. The molecule has 0 aliphatic carbocycles. The summed E-state index contributed by atoms with van der Waals surface area (Å²) in [4.78, 5) is 22.4. The summed E-state index contributed by atoms with van der Waals surface area (Å²) < 4.78 is 44.9. The van der Waals surface area contributed by atoms with Crippen molar-refractivity contribution >= 4 is 22.1 Å². The molecule has 0 saturated carbocycles. The first-order valence-corrected chi connectivity index (χ1v) is 9.87. The van der Waals surface area contributed by atoms with Gasteiger partial charge in [-0.2, -0.15) is 0 Å². The molecule has 152 valence electrons. The van der Waals surface area contributed by atoms with E-state index in [9.17, 15) is 22.4 Å². The Balaban J connectivity index is 2.45. The number of alkyl carbamates (subject to hydrolysis) is 1. The van der Waals surface area contributed by atoms with Crippen molar-refractivity contribution in [1.82, 2.24) is 10.0 Å². The smallest absolute Gasteiger partial charge is 0.408 e. The van der Waals surface area contributed by atoms with Crippen LogP contribution in [0, 0.1) is 5.82 Å². The van der Waals surface area contributed by atoms with Crippen LogP contribution < -0.4 is 10.0 Å². The summed E-state index contributed by atoms with van der Waals surface area (Å²) in [5.74, 6) is -2.06. The highest BCUT2D eigenvalue weighted by atomic mass is 32.2. The molecule has 0 fully saturated rings. The lowest BCUT2D eigenvalue weighted by Gasteiger charge is -2.22. The molecule has 1 amide bonds. The number of sulfonamides is 1. The van der Waals surface area contributed by atoms with Crippen molar-refractivity contribution < 1.29 is 32.2 Å². The van der Waals surface area contributed by atoms with E-state index in [0.717, 1.165) is 12.1 Å². The molecule has 0 aliphatic rings. The fourth-order valence-electron chi connectivity index (χ4n) is 2.13. The number of aliphatic carboxylic acids is 1. The van der Waals surface area contributed by atoms with Crippen molar-refractivity contribution in [2.24, 2.45) is 0 Å². The van der Waals surface area contributed by atoms with Crippen molar-refractivity contribution in [2.45, 2.75) is 56.6 Å². The number of hydrogen-bond donors (Lipinski definition) is 3. The van der Waals surface area contributed by atoms with Gasteiger partial charge in [-0.25, -0.2) is 27.1 Å². The van der Waals surface area contributed by atoms with Crippen molar-refractivity contribution in [3.8, 4) is 0 Å². The van der Waals surface area contributed by atoms with Gasteiger partial charge in [0.25, 0.3) is 0 Å². The van der Waals surface area contributed by atoms with Crippen molar-refractivity contribution in [2.75, 3.05) is 6.54 Å². The predicted molar refractivity (Wildman–Crippen MR) is 96.2 cm³/mol. The van der Waals surface area contributed by atoms with Crippen LogP contribution in [0.15, 0.2) is 29.2 Å². The van der Waals surface area contributed by atoms with Crippen LogP contribution in [0.2, 0.25) is 0 Å². The van der Waals surface area contributed by atoms with Gasteiger partial charge in [-0.3, -0.25) is 0 Å². The fourth-order valence-corrected chi connectivity index (χ4v) is 3.28. The highest BCUT2D eigenvalue weighted by molar-refractivity contribution is 7.89. The van der Waals surface area contributed by atoms with Gasteiger partial charge in [0.2, 0.25) is 10.0 Å². The van der Waals surface area contributed by atoms with Crippen LogP contribution in [-0.2, 0) is 19.6 Å². The molecule has 8 nitrogen and oxygen atoms in total. The number of ether oxygens (including phenoxy) is 1. The molecule has 0 unspecified atom stereocenters. The van der Waals surface area contributed by atoms with Crippen LogP contribution >= 0.6 is 0 Å². The second-order valence-corrected chi connectivity index (χ2v) is 8.60. The van der Waals surface area contributed by atoms with E-state index in [4.69, 9.17) is 9.84 Å². The molecule has 1 rings (SSSR count). The quantitative estimate of drug-likeness (QED) is 0.543. The summed E-state index contributed by atoms with van der Waals surface area (Å²) in [6, 6.07) is 3.86. The normalized spacial score (nSPS) is 13.0. The van der Waals surface area contributed by atoms with E-state index in [0.29, 0.717) is 12.8 Å². The zero-order chi connectivity index (χ0) is 20.7. The van der Waals surface area contributed by atoms with Crippen LogP contribution in [-0.4, -0.2) is 43.8 Å². The number of unbranched alkanes of at least 4 members (excludes halogenated alkanes) is 1. The second kappa shape index (κ2) is 9.65. The number of carbonyl (C=O) groups excluding carboxylic acids is 1. The second-order valence-electron chi connectivity index (χ2n) is 6.86. The average molecular weight is 404 g/mol. The Bertz CT molecular complexity index is 761. The Kier molecular flexibility index (Phi) is 8.17.